The number of anilines is 1. The Hall–Kier alpha value is -1.95. The van der Waals surface area contributed by atoms with Gasteiger partial charge in [0.15, 0.2) is 0 Å². The van der Waals surface area contributed by atoms with Crippen molar-refractivity contribution >= 4 is 11.6 Å². The van der Waals surface area contributed by atoms with E-state index in [2.05, 4.69) is 5.92 Å². The summed E-state index contributed by atoms with van der Waals surface area (Å²) in [4.78, 5) is 13.9. The maximum Gasteiger partial charge on any atom is 0.227 e. The summed E-state index contributed by atoms with van der Waals surface area (Å²) in [7, 11) is 0. The molecule has 0 spiro atoms. The second kappa shape index (κ2) is 5.59. The number of benzene rings is 1. The standard InChI is InChI=1S/C15H18N2O/c1-2-8-17(11-12-6-7-12)15(18)10-13-4-3-5-14(16)9-13/h1,3-5,9,12H,6-8,10-11,16H2. The third-order valence-corrected chi connectivity index (χ3v) is 3.12. The fourth-order valence-corrected chi connectivity index (χ4v) is 1.97. The van der Waals surface area contributed by atoms with Crippen molar-refractivity contribution in [1.29, 1.82) is 0 Å². The lowest BCUT2D eigenvalue weighted by molar-refractivity contribution is -0.130. The molecule has 1 aliphatic carbocycles. The highest BCUT2D eigenvalue weighted by molar-refractivity contribution is 5.79. The lowest BCUT2D eigenvalue weighted by atomic mass is 10.1. The Morgan fingerprint density at radius 3 is 2.89 bits per heavy atom. The van der Waals surface area contributed by atoms with Crippen LogP contribution < -0.4 is 5.73 Å². The largest absolute Gasteiger partial charge is 0.399 e. The lowest BCUT2D eigenvalue weighted by Crippen LogP contribution is -2.34. The number of hydrogen-bond donors (Lipinski definition) is 1. The zero-order valence-corrected chi connectivity index (χ0v) is 10.4. The number of rotatable bonds is 5. The average molecular weight is 242 g/mol. The molecule has 2 rings (SSSR count). The van der Waals surface area contributed by atoms with Crippen LogP contribution in [0.2, 0.25) is 0 Å². The Kier molecular flexibility index (Phi) is 3.88. The third-order valence-electron chi connectivity index (χ3n) is 3.12. The number of terminal acetylenes is 1. The first kappa shape index (κ1) is 12.5. The van der Waals surface area contributed by atoms with Crippen LogP contribution in [0.4, 0.5) is 5.69 Å². The molecule has 18 heavy (non-hydrogen) atoms. The quantitative estimate of drug-likeness (QED) is 0.631. The molecule has 3 heteroatoms. The van der Waals surface area contributed by atoms with Crippen molar-refractivity contribution in [2.45, 2.75) is 19.3 Å². The van der Waals surface area contributed by atoms with Gasteiger partial charge < -0.3 is 10.6 Å². The fraction of sp³-hybridized carbons (Fsp3) is 0.400. The third kappa shape index (κ3) is 3.53. The molecule has 94 valence electrons. The number of amides is 1. The molecule has 1 amide bonds. The van der Waals surface area contributed by atoms with Gasteiger partial charge in [0.05, 0.1) is 13.0 Å². The Labute approximate surface area is 108 Å². The van der Waals surface area contributed by atoms with Crippen LogP contribution in [0.3, 0.4) is 0 Å². The summed E-state index contributed by atoms with van der Waals surface area (Å²) in [5, 5.41) is 0. The molecule has 3 nitrogen and oxygen atoms in total. The minimum Gasteiger partial charge on any atom is -0.399 e. The first-order valence-electron chi connectivity index (χ1n) is 6.24. The number of nitrogens with two attached hydrogens (primary N) is 1. The summed E-state index contributed by atoms with van der Waals surface area (Å²) in [6.07, 6.45) is 8.12. The average Bonchev–Trinajstić information content (AvgIpc) is 3.12. The molecule has 1 fully saturated rings. The Morgan fingerprint density at radius 1 is 1.50 bits per heavy atom. The first-order valence-corrected chi connectivity index (χ1v) is 6.24. The Morgan fingerprint density at radius 2 is 2.28 bits per heavy atom. The zero-order valence-electron chi connectivity index (χ0n) is 10.4. The van der Waals surface area contributed by atoms with Crippen molar-refractivity contribution in [3.8, 4) is 12.3 Å². The Balaban J connectivity index is 1.97. The van der Waals surface area contributed by atoms with Gasteiger partial charge in [-0.1, -0.05) is 18.1 Å². The molecular weight excluding hydrogens is 224 g/mol. The van der Waals surface area contributed by atoms with Crippen LogP contribution in [0.15, 0.2) is 24.3 Å². The van der Waals surface area contributed by atoms with E-state index in [-0.39, 0.29) is 5.91 Å². The summed E-state index contributed by atoms with van der Waals surface area (Å²) >= 11 is 0. The van der Waals surface area contributed by atoms with Gasteiger partial charge in [-0.15, -0.1) is 6.42 Å². The van der Waals surface area contributed by atoms with Crippen LogP contribution in [0.5, 0.6) is 0 Å². The van der Waals surface area contributed by atoms with Crippen molar-refractivity contribution in [3.05, 3.63) is 29.8 Å². The van der Waals surface area contributed by atoms with Crippen molar-refractivity contribution < 1.29 is 4.79 Å². The van der Waals surface area contributed by atoms with Crippen molar-refractivity contribution in [1.82, 2.24) is 4.90 Å². The molecule has 1 aliphatic rings. The molecule has 0 aromatic heterocycles. The van der Waals surface area contributed by atoms with E-state index < -0.39 is 0 Å². The van der Waals surface area contributed by atoms with Crippen LogP contribution in [0, 0.1) is 18.3 Å². The van der Waals surface area contributed by atoms with Gasteiger partial charge >= 0.3 is 0 Å². The highest BCUT2D eigenvalue weighted by Gasteiger charge is 2.26. The van der Waals surface area contributed by atoms with E-state index in [0.717, 1.165) is 12.1 Å². The highest BCUT2D eigenvalue weighted by Crippen LogP contribution is 2.29. The van der Waals surface area contributed by atoms with E-state index in [0.29, 0.717) is 24.6 Å². The number of nitrogens with zero attached hydrogens (tertiary/aromatic N) is 1. The molecule has 0 saturated heterocycles. The maximum atomic E-state index is 12.2. The molecule has 0 aliphatic heterocycles. The molecule has 0 heterocycles. The summed E-state index contributed by atoms with van der Waals surface area (Å²) in [5.41, 5.74) is 7.33. The van der Waals surface area contributed by atoms with Crippen molar-refractivity contribution in [2.24, 2.45) is 5.92 Å². The smallest absolute Gasteiger partial charge is 0.227 e. The van der Waals surface area contributed by atoms with E-state index in [1.807, 2.05) is 24.3 Å². The van der Waals surface area contributed by atoms with E-state index in [1.54, 1.807) is 4.90 Å². The van der Waals surface area contributed by atoms with Crippen LogP contribution in [0.25, 0.3) is 0 Å². The van der Waals surface area contributed by atoms with E-state index in [1.165, 1.54) is 12.8 Å². The number of hydrogen-bond acceptors (Lipinski definition) is 2. The van der Waals surface area contributed by atoms with Gasteiger partial charge in [0.25, 0.3) is 0 Å². The summed E-state index contributed by atoms with van der Waals surface area (Å²) < 4.78 is 0. The minimum absolute atomic E-state index is 0.0884. The molecule has 2 N–H and O–H groups in total. The van der Waals surface area contributed by atoms with Gasteiger partial charge in [0.1, 0.15) is 0 Å². The summed E-state index contributed by atoms with van der Waals surface area (Å²) in [6, 6.07) is 7.43. The van der Waals surface area contributed by atoms with Crippen molar-refractivity contribution in [3.63, 3.8) is 0 Å². The number of nitrogen functional groups attached to an aromatic ring is 1. The van der Waals surface area contributed by atoms with Gasteiger partial charge in [0, 0.05) is 12.2 Å². The van der Waals surface area contributed by atoms with Gasteiger partial charge in [0.2, 0.25) is 5.91 Å². The summed E-state index contributed by atoms with van der Waals surface area (Å²) in [5.74, 6) is 3.30. The molecule has 0 bridgehead atoms. The van der Waals surface area contributed by atoms with Gasteiger partial charge in [-0.25, -0.2) is 0 Å². The highest BCUT2D eigenvalue weighted by atomic mass is 16.2. The molecular formula is C15H18N2O. The van der Waals surface area contributed by atoms with Crippen LogP contribution in [-0.2, 0) is 11.2 Å². The topological polar surface area (TPSA) is 46.3 Å². The van der Waals surface area contributed by atoms with E-state index in [4.69, 9.17) is 12.2 Å². The van der Waals surface area contributed by atoms with Crippen LogP contribution in [0.1, 0.15) is 18.4 Å². The Bertz CT molecular complexity index is 472. The maximum absolute atomic E-state index is 12.2. The number of carbonyl (C=O) groups is 1. The normalized spacial score (nSPS) is 13.9. The first-order chi connectivity index (χ1) is 8.69. The van der Waals surface area contributed by atoms with Gasteiger partial charge in [-0.05, 0) is 36.5 Å². The SMILES string of the molecule is C#CCN(CC1CC1)C(=O)Cc1cccc(N)c1. The molecule has 1 saturated carbocycles. The summed E-state index contributed by atoms with van der Waals surface area (Å²) in [6.45, 7) is 1.20. The monoisotopic (exact) mass is 242 g/mol. The fourth-order valence-electron chi connectivity index (χ4n) is 1.97. The molecule has 0 unspecified atom stereocenters. The van der Waals surface area contributed by atoms with Crippen LogP contribution >= 0.6 is 0 Å². The molecule has 0 radical (unpaired) electrons. The van der Waals surface area contributed by atoms with Crippen molar-refractivity contribution in [2.75, 3.05) is 18.8 Å². The van der Waals surface area contributed by atoms with E-state index in [9.17, 15) is 4.79 Å². The predicted octanol–water partition coefficient (Wildman–Crippen LogP) is 1.68. The lowest BCUT2D eigenvalue weighted by Gasteiger charge is -2.20. The van der Waals surface area contributed by atoms with Gasteiger partial charge in [-0.2, -0.15) is 0 Å². The number of carbonyl (C=O) groups excluding carboxylic acids is 1. The predicted molar refractivity (Wildman–Crippen MR) is 72.7 cm³/mol. The zero-order chi connectivity index (χ0) is 13.0. The second-order valence-electron chi connectivity index (χ2n) is 4.84. The minimum atomic E-state index is 0.0884. The molecule has 1 aromatic carbocycles. The van der Waals surface area contributed by atoms with Gasteiger partial charge in [-0.3, -0.25) is 4.79 Å². The second-order valence-corrected chi connectivity index (χ2v) is 4.84. The molecule has 0 atom stereocenters. The van der Waals surface area contributed by atoms with E-state index >= 15 is 0 Å². The van der Waals surface area contributed by atoms with Crippen LogP contribution in [-0.4, -0.2) is 23.9 Å². The molecule has 1 aromatic rings.